The number of hydrogen-bond acceptors (Lipinski definition) is 6. The van der Waals surface area contributed by atoms with Crippen molar-refractivity contribution >= 4 is 27.3 Å². The molecule has 2 N–H and O–H groups in total. The van der Waals surface area contributed by atoms with Crippen molar-refractivity contribution in [3.8, 4) is 0 Å². The predicted octanol–water partition coefficient (Wildman–Crippen LogP) is 1.25. The van der Waals surface area contributed by atoms with Gasteiger partial charge in [0.25, 0.3) is 5.91 Å². The first-order valence-corrected chi connectivity index (χ1v) is 10.1. The van der Waals surface area contributed by atoms with E-state index in [0.717, 1.165) is 0 Å². The molecule has 8 nitrogen and oxygen atoms in total. The van der Waals surface area contributed by atoms with Crippen molar-refractivity contribution in [2.45, 2.75) is 18.0 Å². The van der Waals surface area contributed by atoms with Gasteiger partial charge in [-0.2, -0.15) is 5.10 Å². The zero-order valence-corrected chi connectivity index (χ0v) is 15.3. The van der Waals surface area contributed by atoms with E-state index >= 15 is 0 Å². The summed E-state index contributed by atoms with van der Waals surface area (Å²) in [4.78, 5) is 16.3. The van der Waals surface area contributed by atoms with E-state index in [-0.39, 0.29) is 22.9 Å². The van der Waals surface area contributed by atoms with Crippen molar-refractivity contribution in [3.63, 3.8) is 0 Å². The lowest BCUT2D eigenvalue weighted by atomic mass is 10.2. The molecule has 0 spiro atoms. The highest BCUT2D eigenvalue weighted by atomic mass is 32.2. The minimum absolute atomic E-state index is 0.0359. The molecule has 2 aromatic heterocycles. The Balaban J connectivity index is 1.61. The number of sulfonamides is 1. The molecule has 1 aromatic carbocycles. The minimum atomic E-state index is -3.73. The van der Waals surface area contributed by atoms with E-state index in [9.17, 15) is 13.2 Å². The van der Waals surface area contributed by atoms with Crippen LogP contribution in [0, 0.1) is 0 Å². The first-order chi connectivity index (χ1) is 12.5. The lowest BCUT2D eigenvalue weighted by Gasteiger charge is -2.08. The normalized spacial score (nSPS) is 11.4. The molecule has 0 atom stereocenters. The number of aromatic nitrogens is 3. The summed E-state index contributed by atoms with van der Waals surface area (Å²) >= 11 is 1.37. The topological polar surface area (TPSA) is 106 Å². The van der Waals surface area contributed by atoms with Gasteiger partial charge in [0.2, 0.25) is 10.0 Å². The number of nitrogens with zero attached hydrogens (tertiary/aromatic N) is 3. The average molecular weight is 391 g/mol. The number of nitrogens with one attached hydrogen (secondary N) is 2. The maximum absolute atomic E-state index is 12.4. The van der Waals surface area contributed by atoms with E-state index in [1.54, 1.807) is 46.9 Å². The smallest absolute Gasteiger partial charge is 0.251 e. The number of carbonyl (C=O) groups excluding carboxylic acids is 1. The molecule has 1 amide bonds. The van der Waals surface area contributed by atoms with Gasteiger partial charge in [0.15, 0.2) is 0 Å². The Morgan fingerprint density at radius 2 is 2.12 bits per heavy atom. The molecule has 26 heavy (non-hydrogen) atoms. The summed E-state index contributed by atoms with van der Waals surface area (Å²) in [5, 5.41) is 9.24. The zero-order valence-electron chi connectivity index (χ0n) is 13.7. The summed E-state index contributed by atoms with van der Waals surface area (Å²) in [6.45, 7) is 1.03. The molecule has 0 fully saturated rings. The van der Waals surface area contributed by atoms with Crippen molar-refractivity contribution in [2.75, 3.05) is 6.54 Å². The molecule has 3 aromatic rings. The molecule has 2 heterocycles. The van der Waals surface area contributed by atoms with Gasteiger partial charge in [0.05, 0.1) is 18.0 Å². The molecule has 0 aliphatic rings. The van der Waals surface area contributed by atoms with Crippen LogP contribution in [-0.4, -0.2) is 35.6 Å². The number of hydrogen-bond donors (Lipinski definition) is 2. The largest absolute Gasteiger partial charge is 0.350 e. The first kappa shape index (κ1) is 18.2. The zero-order chi connectivity index (χ0) is 18.4. The van der Waals surface area contributed by atoms with E-state index in [2.05, 4.69) is 20.1 Å². The van der Waals surface area contributed by atoms with Crippen LogP contribution >= 0.6 is 11.3 Å². The second-order valence-corrected chi connectivity index (χ2v) is 8.05. The molecule has 0 bridgehead atoms. The molecule has 0 aliphatic heterocycles. The third kappa shape index (κ3) is 4.75. The van der Waals surface area contributed by atoms with Gasteiger partial charge in [0, 0.05) is 36.1 Å². The molecule has 3 rings (SSSR count). The molecule has 0 saturated heterocycles. The van der Waals surface area contributed by atoms with Gasteiger partial charge < -0.3 is 5.32 Å². The van der Waals surface area contributed by atoms with Crippen molar-refractivity contribution in [2.24, 2.45) is 0 Å². The Morgan fingerprint density at radius 3 is 2.85 bits per heavy atom. The second kappa shape index (κ2) is 8.21. The molecular formula is C16H17N5O3S2. The maximum atomic E-state index is 12.4. The Hall–Kier alpha value is -2.56. The summed E-state index contributed by atoms with van der Waals surface area (Å²) in [7, 11) is -3.73. The quantitative estimate of drug-likeness (QED) is 0.601. The monoisotopic (exact) mass is 391 g/mol. The van der Waals surface area contributed by atoms with Gasteiger partial charge in [0.1, 0.15) is 5.01 Å². The fourth-order valence-electron chi connectivity index (χ4n) is 2.20. The Labute approximate surface area is 154 Å². The van der Waals surface area contributed by atoms with Gasteiger partial charge in [-0.3, -0.25) is 9.48 Å². The third-order valence-corrected chi connectivity index (χ3v) is 5.67. The highest BCUT2D eigenvalue weighted by molar-refractivity contribution is 7.89. The van der Waals surface area contributed by atoms with Crippen LogP contribution in [0.1, 0.15) is 15.4 Å². The SMILES string of the molecule is O=C(NCCn1cccn1)c1cccc(S(=O)(=O)NCc2nccs2)c1. The molecule has 0 saturated carbocycles. The predicted molar refractivity (Wildman–Crippen MR) is 97.1 cm³/mol. The first-order valence-electron chi connectivity index (χ1n) is 7.78. The van der Waals surface area contributed by atoms with E-state index in [0.29, 0.717) is 18.1 Å². The van der Waals surface area contributed by atoms with E-state index in [1.165, 1.54) is 23.5 Å². The molecular weight excluding hydrogens is 374 g/mol. The van der Waals surface area contributed by atoms with Gasteiger partial charge in [-0.15, -0.1) is 11.3 Å². The van der Waals surface area contributed by atoms with Gasteiger partial charge >= 0.3 is 0 Å². The average Bonchev–Trinajstić information content (AvgIpc) is 3.34. The summed E-state index contributed by atoms with van der Waals surface area (Å²) in [6, 6.07) is 7.72. The maximum Gasteiger partial charge on any atom is 0.251 e. The van der Waals surface area contributed by atoms with Crippen LogP contribution in [0.2, 0.25) is 0 Å². The fourth-order valence-corrected chi connectivity index (χ4v) is 3.88. The van der Waals surface area contributed by atoms with Crippen LogP contribution in [0.15, 0.2) is 59.2 Å². The number of rotatable bonds is 8. The highest BCUT2D eigenvalue weighted by Crippen LogP contribution is 2.13. The van der Waals surface area contributed by atoms with Crippen molar-refractivity contribution in [3.05, 3.63) is 64.9 Å². The van der Waals surface area contributed by atoms with E-state index < -0.39 is 10.0 Å². The molecule has 0 radical (unpaired) electrons. The van der Waals surface area contributed by atoms with E-state index in [4.69, 9.17) is 0 Å². The molecule has 0 unspecified atom stereocenters. The van der Waals surface area contributed by atoms with Crippen molar-refractivity contribution < 1.29 is 13.2 Å². The Bertz CT molecular complexity index is 954. The summed E-state index contributed by atoms with van der Waals surface area (Å²) in [6.07, 6.45) is 5.07. The fraction of sp³-hybridized carbons (Fsp3) is 0.188. The van der Waals surface area contributed by atoms with Crippen molar-refractivity contribution in [1.82, 2.24) is 24.8 Å². The number of benzene rings is 1. The van der Waals surface area contributed by atoms with Crippen LogP contribution in [0.5, 0.6) is 0 Å². The Morgan fingerprint density at radius 1 is 1.23 bits per heavy atom. The highest BCUT2D eigenvalue weighted by Gasteiger charge is 2.16. The lowest BCUT2D eigenvalue weighted by molar-refractivity contribution is 0.0951. The van der Waals surface area contributed by atoms with Crippen LogP contribution in [-0.2, 0) is 23.1 Å². The summed E-state index contributed by atoms with van der Waals surface area (Å²) in [5.74, 6) is -0.339. The molecule has 10 heteroatoms. The number of carbonyl (C=O) groups is 1. The standard InChI is InChI=1S/C16H17N5O3S2/c22-16(18-6-9-21-8-2-5-19-21)13-3-1-4-14(11-13)26(23,24)20-12-15-17-7-10-25-15/h1-5,7-8,10-11,20H,6,9,12H2,(H,18,22). The van der Waals surface area contributed by atoms with Crippen molar-refractivity contribution in [1.29, 1.82) is 0 Å². The van der Waals surface area contributed by atoms with Gasteiger partial charge in [-0.1, -0.05) is 6.07 Å². The minimum Gasteiger partial charge on any atom is -0.350 e. The van der Waals surface area contributed by atoms with E-state index in [1.807, 2.05) is 0 Å². The summed E-state index contributed by atoms with van der Waals surface area (Å²) in [5.41, 5.74) is 0.280. The third-order valence-electron chi connectivity index (χ3n) is 3.49. The number of amides is 1. The van der Waals surface area contributed by atoms with Crippen LogP contribution < -0.4 is 10.0 Å². The Kier molecular flexibility index (Phi) is 5.76. The van der Waals surface area contributed by atoms with Crippen LogP contribution in [0.4, 0.5) is 0 Å². The molecule has 136 valence electrons. The van der Waals surface area contributed by atoms with Crippen LogP contribution in [0.3, 0.4) is 0 Å². The summed E-state index contributed by atoms with van der Waals surface area (Å²) < 4.78 is 29.0. The lowest BCUT2D eigenvalue weighted by Crippen LogP contribution is -2.28. The second-order valence-electron chi connectivity index (χ2n) is 5.30. The van der Waals surface area contributed by atoms with Crippen LogP contribution in [0.25, 0.3) is 0 Å². The molecule has 0 aliphatic carbocycles. The van der Waals surface area contributed by atoms with Gasteiger partial charge in [-0.05, 0) is 24.3 Å². The number of thiazole rings is 1. The van der Waals surface area contributed by atoms with Gasteiger partial charge in [-0.25, -0.2) is 18.1 Å².